The normalized spacial score (nSPS) is 12.9. The lowest BCUT2D eigenvalue weighted by Gasteiger charge is -2.15. The van der Waals surface area contributed by atoms with Crippen molar-refractivity contribution in [1.29, 1.82) is 0 Å². The Morgan fingerprint density at radius 2 is 2.33 bits per heavy atom. The standard InChI is InChI=1S/C11H20N2OS/c1-3-5-6-9(4-2)12-7-10-8-15-11(14)13-10/h8-9,12H,3-7H2,1-2H3,(H,13,14). The molecule has 0 amide bonds. The summed E-state index contributed by atoms with van der Waals surface area (Å²) in [6.45, 7) is 5.19. The molecular weight excluding hydrogens is 208 g/mol. The second-order valence-corrected chi connectivity index (χ2v) is 4.64. The van der Waals surface area contributed by atoms with E-state index >= 15 is 0 Å². The van der Waals surface area contributed by atoms with Gasteiger partial charge in [-0.2, -0.15) is 0 Å². The highest BCUT2D eigenvalue weighted by Crippen LogP contribution is 2.05. The van der Waals surface area contributed by atoms with Crippen LogP contribution in [0.5, 0.6) is 0 Å². The van der Waals surface area contributed by atoms with Gasteiger partial charge in [0.05, 0.1) is 0 Å². The third kappa shape index (κ3) is 4.62. The van der Waals surface area contributed by atoms with Crippen molar-refractivity contribution in [1.82, 2.24) is 10.3 Å². The lowest BCUT2D eigenvalue weighted by Crippen LogP contribution is -2.28. The highest BCUT2D eigenvalue weighted by atomic mass is 32.1. The van der Waals surface area contributed by atoms with E-state index in [1.807, 2.05) is 5.38 Å². The van der Waals surface area contributed by atoms with E-state index in [0.717, 1.165) is 18.7 Å². The number of aromatic amines is 1. The van der Waals surface area contributed by atoms with Crippen LogP contribution in [0, 0.1) is 0 Å². The number of thiazole rings is 1. The summed E-state index contributed by atoms with van der Waals surface area (Å²) in [4.78, 5) is 13.8. The molecule has 0 aromatic carbocycles. The molecule has 1 aromatic heterocycles. The van der Waals surface area contributed by atoms with Gasteiger partial charge < -0.3 is 10.3 Å². The Morgan fingerprint density at radius 1 is 1.53 bits per heavy atom. The third-order valence-electron chi connectivity index (χ3n) is 2.55. The van der Waals surface area contributed by atoms with Crippen LogP contribution in [0.3, 0.4) is 0 Å². The highest BCUT2D eigenvalue weighted by molar-refractivity contribution is 7.07. The van der Waals surface area contributed by atoms with E-state index in [2.05, 4.69) is 24.1 Å². The predicted molar refractivity (Wildman–Crippen MR) is 65.4 cm³/mol. The Labute approximate surface area is 94.9 Å². The molecule has 0 aliphatic carbocycles. The molecule has 1 heterocycles. The van der Waals surface area contributed by atoms with Crippen molar-refractivity contribution in [3.05, 3.63) is 20.7 Å². The molecule has 4 heteroatoms. The zero-order valence-electron chi connectivity index (χ0n) is 9.51. The molecule has 0 fully saturated rings. The molecule has 1 rings (SSSR count). The van der Waals surface area contributed by atoms with Crippen LogP contribution in [0.15, 0.2) is 10.2 Å². The number of nitrogens with one attached hydrogen (secondary N) is 2. The molecule has 1 aromatic rings. The molecule has 1 atom stereocenters. The molecule has 0 radical (unpaired) electrons. The van der Waals surface area contributed by atoms with Crippen molar-refractivity contribution in [2.45, 2.75) is 52.1 Å². The predicted octanol–water partition coefficient (Wildman–Crippen LogP) is 2.49. The smallest absolute Gasteiger partial charge is 0.304 e. The quantitative estimate of drug-likeness (QED) is 0.753. The summed E-state index contributed by atoms with van der Waals surface area (Å²) in [5.41, 5.74) is 1.000. The van der Waals surface area contributed by atoms with E-state index in [1.165, 1.54) is 30.6 Å². The minimum Gasteiger partial charge on any atom is -0.315 e. The van der Waals surface area contributed by atoms with Gasteiger partial charge in [0.25, 0.3) is 0 Å². The minimum absolute atomic E-state index is 0.0356. The van der Waals surface area contributed by atoms with Crippen molar-refractivity contribution in [3.8, 4) is 0 Å². The fraction of sp³-hybridized carbons (Fsp3) is 0.727. The van der Waals surface area contributed by atoms with Crippen molar-refractivity contribution in [2.24, 2.45) is 0 Å². The number of hydrogen-bond donors (Lipinski definition) is 2. The lowest BCUT2D eigenvalue weighted by atomic mass is 10.1. The maximum absolute atomic E-state index is 10.9. The number of H-pyrrole nitrogens is 1. The third-order valence-corrected chi connectivity index (χ3v) is 3.27. The zero-order valence-corrected chi connectivity index (χ0v) is 10.3. The van der Waals surface area contributed by atoms with Gasteiger partial charge >= 0.3 is 4.87 Å². The summed E-state index contributed by atoms with van der Waals surface area (Å²) in [5, 5.41) is 5.36. The number of hydrogen-bond acceptors (Lipinski definition) is 3. The molecule has 15 heavy (non-hydrogen) atoms. The summed E-state index contributed by atoms with van der Waals surface area (Å²) < 4.78 is 0. The average molecular weight is 228 g/mol. The van der Waals surface area contributed by atoms with Gasteiger partial charge in [0, 0.05) is 23.7 Å². The maximum atomic E-state index is 10.9. The molecule has 3 nitrogen and oxygen atoms in total. The minimum atomic E-state index is 0.0356. The van der Waals surface area contributed by atoms with E-state index in [4.69, 9.17) is 0 Å². The Bertz CT molecular complexity index is 318. The van der Waals surface area contributed by atoms with Crippen LogP contribution in [0.1, 0.15) is 45.2 Å². The number of aromatic nitrogens is 1. The second-order valence-electron chi connectivity index (χ2n) is 3.80. The first-order chi connectivity index (χ1) is 7.26. The molecule has 1 unspecified atom stereocenters. The molecular formula is C11H20N2OS. The Morgan fingerprint density at radius 3 is 2.87 bits per heavy atom. The molecule has 0 saturated heterocycles. The van der Waals surface area contributed by atoms with Crippen LogP contribution in [-0.2, 0) is 6.54 Å². The topological polar surface area (TPSA) is 44.9 Å². The van der Waals surface area contributed by atoms with Gasteiger partial charge in [-0.3, -0.25) is 4.79 Å². The van der Waals surface area contributed by atoms with E-state index in [1.54, 1.807) is 0 Å². The summed E-state index contributed by atoms with van der Waals surface area (Å²) >= 11 is 1.23. The summed E-state index contributed by atoms with van der Waals surface area (Å²) in [7, 11) is 0. The van der Waals surface area contributed by atoms with E-state index in [0.29, 0.717) is 6.04 Å². The molecule has 0 aliphatic heterocycles. The van der Waals surface area contributed by atoms with E-state index in [9.17, 15) is 4.79 Å². The van der Waals surface area contributed by atoms with Gasteiger partial charge in [0.15, 0.2) is 0 Å². The SMILES string of the molecule is CCCCC(CC)NCc1csc(=O)[nH]1. The summed E-state index contributed by atoms with van der Waals surface area (Å²) in [6, 6.07) is 0.577. The van der Waals surface area contributed by atoms with Crippen molar-refractivity contribution in [3.63, 3.8) is 0 Å². The van der Waals surface area contributed by atoms with Crippen molar-refractivity contribution in [2.75, 3.05) is 0 Å². The van der Waals surface area contributed by atoms with Crippen LogP contribution in [-0.4, -0.2) is 11.0 Å². The molecule has 86 valence electrons. The highest BCUT2D eigenvalue weighted by Gasteiger charge is 2.05. The van der Waals surface area contributed by atoms with Gasteiger partial charge in [-0.15, -0.1) is 0 Å². The van der Waals surface area contributed by atoms with E-state index in [-0.39, 0.29) is 4.87 Å². The maximum Gasteiger partial charge on any atom is 0.304 e. The van der Waals surface area contributed by atoms with Gasteiger partial charge in [-0.1, -0.05) is 38.0 Å². The van der Waals surface area contributed by atoms with Gasteiger partial charge in [0.2, 0.25) is 0 Å². The van der Waals surface area contributed by atoms with Gasteiger partial charge in [0.1, 0.15) is 0 Å². The summed E-state index contributed by atoms with van der Waals surface area (Å²) in [5.74, 6) is 0. The van der Waals surface area contributed by atoms with Crippen LogP contribution in [0.2, 0.25) is 0 Å². The van der Waals surface area contributed by atoms with Crippen LogP contribution in [0.4, 0.5) is 0 Å². The van der Waals surface area contributed by atoms with Gasteiger partial charge in [-0.25, -0.2) is 0 Å². The lowest BCUT2D eigenvalue weighted by molar-refractivity contribution is 0.450. The Balaban J connectivity index is 2.30. The molecule has 0 spiro atoms. The number of unbranched alkanes of at least 4 members (excludes halogenated alkanes) is 1. The first-order valence-corrected chi connectivity index (χ1v) is 6.54. The Kier molecular flexibility index (Phi) is 5.65. The summed E-state index contributed by atoms with van der Waals surface area (Å²) in [6.07, 6.45) is 4.88. The van der Waals surface area contributed by atoms with Crippen LogP contribution in [0.25, 0.3) is 0 Å². The molecule has 0 bridgehead atoms. The van der Waals surface area contributed by atoms with Crippen LogP contribution >= 0.6 is 11.3 Å². The zero-order chi connectivity index (χ0) is 11.1. The Hall–Kier alpha value is -0.610. The first-order valence-electron chi connectivity index (χ1n) is 5.66. The average Bonchev–Trinajstić information content (AvgIpc) is 2.65. The van der Waals surface area contributed by atoms with Crippen molar-refractivity contribution < 1.29 is 0 Å². The molecule has 0 saturated carbocycles. The fourth-order valence-corrected chi connectivity index (χ4v) is 2.14. The largest absolute Gasteiger partial charge is 0.315 e. The monoisotopic (exact) mass is 228 g/mol. The second kappa shape index (κ2) is 6.80. The van der Waals surface area contributed by atoms with Crippen molar-refractivity contribution >= 4 is 11.3 Å². The van der Waals surface area contributed by atoms with Crippen LogP contribution < -0.4 is 10.2 Å². The molecule has 0 aliphatic rings. The van der Waals surface area contributed by atoms with E-state index < -0.39 is 0 Å². The fourth-order valence-electron chi connectivity index (χ4n) is 1.56. The van der Waals surface area contributed by atoms with Gasteiger partial charge in [-0.05, 0) is 12.8 Å². The first kappa shape index (κ1) is 12.5. The molecule has 2 N–H and O–H groups in total. The number of rotatable bonds is 7.